The van der Waals surface area contributed by atoms with Crippen LogP contribution >= 0.6 is 0 Å². The van der Waals surface area contributed by atoms with Crippen molar-refractivity contribution >= 4 is 22.9 Å². The molecule has 1 heterocycles. The minimum atomic E-state index is -0.488. The molecule has 0 aliphatic rings. The third-order valence-corrected chi connectivity index (χ3v) is 3.90. The van der Waals surface area contributed by atoms with Crippen molar-refractivity contribution < 1.29 is 9.90 Å². The first kappa shape index (κ1) is 17.3. The average Bonchev–Trinajstić information content (AvgIpc) is 2.83. The molecule has 0 saturated heterocycles. The van der Waals surface area contributed by atoms with Crippen molar-refractivity contribution in [1.82, 2.24) is 14.9 Å². The lowest BCUT2D eigenvalue weighted by molar-refractivity contribution is -0.122. The highest BCUT2D eigenvalue weighted by molar-refractivity contribution is 5.83. The molecule has 1 amide bonds. The lowest BCUT2D eigenvalue weighted by Crippen LogP contribution is -2.38. The summed E-state index contributed by atoms with van der Waals surface area (Å²) in [6.45, 7) is 8.44. The Kier molecular flexibility index (Phi) is 5.60. The third kappa shape index (κ3) is 4.45. The molecule has 2 rings (SSSR count). The summed E-state index contributed by atoms with van der Waals surface area (Å²) in [5.74, 6) is 0.931. The second-order valence-electron chi connectivity index (χ2n) is 6.34. The molecule has 6 heteroatoms. The van der Waals surface area contributed by atoms with E-state index in [4.69, 9.17) is 0 Å². The van der Waals surface area contributed by atoms with E-state index in [0.29, 0.717) is 18.4 Å². The van der Waals surface area contributed by atoms with Gasteiger partial charge < -0.3 is 20.3 Å². The minimum Gasteiger partial charge on any atom is -0.392 e. The summed E-state index contributed by atoms with van der Waals surface area (Å²) in [6.07, 6.45) is -0.488. The fourth-order valence-electron chi connectivity index (χ4n) is 2.22. The number of amides is 1. The Balaban J connectivity index is 2.22. The molecule has 0 spiro atoms. The number of para-hydroxylation sites is 2. The molecule has 0 aliphatic heterocycles. The summed E-state index contributed by atoms with van der Waals surface area (Å²) in [7, 11) is 0. The maximum Gasteiger partial charge on any atom is 0.240 e. The number of hydrogen-bond acceptors (Lipinski definition) is 4. The highest BCUT2D eigenvalue weighted by Crippen LogP contribution is 2.19. The van der Waals surface area contributed by atoms with Crippen LogP contribution in [0.1, 0.15) is 27.7 Å². The van der Waals surface area contributed by atoms with Crippen LogP contribution in [0.5, 0.6) is 0 Å². The molecule has 6 nitrogen and oxygen atoms in total. The summed E-state index contributed by atoms with van der Waals surface area (Å²) < 4.78 is 1.85. The van der Waals surface area contributed by atoms with Gasteiger partial charge >= 0.3 is 0 Å². The van der Waals surface area contributed by atoms with Crippen LogP contribution in [0.15, 0.2) is 24.3 Å². The molecule has 23 heavy (non-hydrogen) atoms. The van der Waals surface area contributed by atoms with Gasteiger partial charge in [-0.15, -0.1) is 0 Å². The van der Waals surface area contributed by atoms with Crippen LogP contribution in [-0.2, 0) is 11.3 Å². The molecule has 126 valence electrons. The van der Waals surface area contributed by atoms with E-state index in [1.54, 1.807) is 6.92 Å². The van der Waals surface area contributed by atoms with Gasteiger partial charge in [0.1, 0.15) is 6.54 Å². The number of aliphatic hydroxyl groups is 1. The zero-order valence-corrected chi connectivity index (χ0v) is 14.2. The number of aliphatic hydroxyl groups excluding tert-OH is 1. The van der Waals surface area contributed by atoms with E-state index in [0.717, 1.165) is 11.0 Å². The van der Waals surface area contributed by atoms with Crippen LogP contribution < -0.4 is 10.6 Å². The minimum absolute atomic E-state index is 0.0468. The SMILES string of the molecule is CC(C)[C@H](C)NC(=O)Cn1c(NC[C@@H](C)O)nc2ccccc21. The topological polar surface area (TPSA) is 79.2 Å². The van der Waals surface area contributed by atoms with E-state index in [9.17, 15) is 9.90 Å². The molecular formula is C17H26N4O2. The Morgan fingerprint density at radius 3 is 2.61 bits per heavy atom. The first-order valence-electron chi connectivity index (χ1n) is 8.05. The number of fused-ring (bicyclic) bond motifs is 1. The van der Waals surface area contributed by atoms with E-state index in [1.807, 2.05) is 35.8 Å². The maximum absolute atomic E-state index is 12.3. The van der Waals surface area contributed by atoms with Gasteiger partial charge in [0.2, 0.25) is 11.9 Å². The number of carbonyl (C=O) groups excluding carboxylic acids is 1. The van der Waals surface area contributed by atoms with Crippen LogP contribution in [0.4, 0.5) is 5.95 Å². The van der Waals surface area contributed by atoms with E-state index in [2.05, 4.69) is 29.5 Å². The van der Waals surface area contributed by atoms with E-state index in [-0.39, 0.29) is 18.5 Å². The normalized spacial score (nSPS) is 14.0. The van der Waals surface area contributed by atoms with E-state index >= 15 is 0 Å². The number of carbonyl (C=O) groups is 1. The quantitative estimate of drug-likeness (QED) is 0.729. The molecule has 0 bridgehead atoms. The Morgan fingerprint density at radius 2 is 1.96 bits per heavy atom. The first-order chi connectivity index (χ1) is 10.9. The van der Waals surface area contributed by atoms with Gasteiger partial charge in [0.15, 0.2) is 0 Å². The van der Waals surface area contributed by atoms with Gasteiger partial charge in [-0.05, 0) is 31.9 Å². The number of nitrogens with one attached hydrogen (secondary N) is 2. The van der Waals surface area contributed by atoms with Gasteiger partial charge in [0.25, 0.3) is 0 Å². The van der Waals surface area contributed by atoms with Gasteiger partial charge in [-0.3, -0.25) is 4.79 Å². The van der Waals surface area contributed by atoms with Crippen molar-refractivity contribution in [2.24, 2.45) is 5.92 Å². The van der Waals surface area contributed by atoms with Crippen LogP contribution in [0, 0.1) is 5.92 Å². The van der Waals surface area contributed by atoms with Crippen LogP contribution in [0.3, 0.4) is 0 Å². The number of anilines is 1. The summed E-state index contributed by atoms with van der Waals surface area (Å²) in [4.78, 5) is 16.8. The first-order valence-corrected chi connectivity index (χ1v) is 8.05. The second kappa shape index (κ2) is 7.46. The van der Waals surface area contributed by atoms with Gasteiger partial charge in [0, 0.05) is 12.6 Å². The number of aromatic nitrogens is 2. The molecule has 0 unspecified atom stereocenters. The Morgan fingerprint density at radius 1 is 1.26 bits per heavy atom. The molecular weight excluding hydrogens is 292 g/mol. The van der Waals surface area contributed by atoms with Gasteiger partial charge in [-0.1, -0.05) is 26.0 Å². The summed E-state index contributed by atoms with van der Waals surface area (Å²) in [5, 5.41) is 15.6. The van der Waals surface area contributed by atoms with Crippen LogP contribution in [-0.4, -0.2) is 39.3 Å². The zero-order chi connectivity index (χ0) is 17.0. The Bertz CT molecular complexity index is 664. The smallest absolute Gasteiger partial charge is 0.240 e. The Labute approximate surface area is 136 Å². The number of hydrogen-bond donors (Lipinski definition) is 3. The monoisotopic (exact) mass is 318 g/mol. The fraction of sp³-hybridized carbons (Fsp3) is 0.529. The molecule has 2 atom stereocenters. The van der Waals surface area contributed by atoms with E-state index in [1.165, 1.54) is 0 Å². The molecule has 3 N–H and O–H groups in total. The van der Waals surface area contributed by atoms with Gasteiger partial charge in [0.05, 0.1) is 17.1 Å². The predicted octanol–water partition coefficient (Wildman–Crippen LogP) is 1.99. The molecule has 1 aromatic carbocycles. The largest absolute Gasteiger partial charge is 0.392 e. The summed E-state index contributed by atoms with van der Waals surface area (Å²) >= 11 is 0. The Hall–Kier alpha value is -2.08. The van der Waals surface area contributed by atoms with E-state index < -0.39 is 6.10 Å². The number of benzene rings is 1. The van der Waals surface area contributed by atoms with Crippen molar-refractivity contribution in [2.75, 3.05) is 11.9 Å². The van der Waals surface area contributed by atoms with Crippen molar-refractivity contribution in [2.45, 2.75) is 46.4 Å². The molecule has 1 aromatic heterocycles. The lowest BCUT2D eigenvalue weighted by Gasteiger charge is -2.18. The molecule has 0 radical (unpaired) electrons. The second-order valence-corrected chi connectivity index (χ2v) is 6.34. The van der Waals surface area contributed by atoms with Gasteiger partial charge in [-0.2, -0.15) is 0 Å². The lowest BCUT2D eigenvalue weighted by atomic mass is 10.1. The van der Waals surface area contributed by atoms with Crippen molar-refractivity contribution in [3.05, 3.63) is 24.3 Å². The predicted molar refractivity (Wildman–Crippen MR) is 92.3 cm³/mol. The average molecular weight is 318 g/mol. The van der Waals surface area contributed by atoms with Crippen molar-refractivity contribution in [3.8, 4) is 0 Å². The van der Waals surface area contributed by atoms with Crippen LogP contribution in [0.2, 0.25) is 0 Å². The van der Waals surface area contributed by atoms with Crippen molar-refractivity contribution in [3.63, 3.8) is 0 Å². The zero-order valence-electron chi connectivity index (χ0n) is 14.2. The number of imidazole rings is 1. The number of rotatable bonds is 7. The third-order valence-electron chi connectivity index (χ3n) is 3.90. The molecule has 2 aromatic rings. The fourth-order valence-corrected chi connectivity index (χ4v) is 2.22. The summed E-state index contributed by atoms with van der Waals surface area (Å²) in [5.41, 5.74) is 1.72. The van der Waals surface area contributed by atoms with Gasteiger partial charge in [-0.25, -0.2) is 4.98 Å². The molecule has 0 fully saturated rings. The number of nitrogens with zero attached hydrogens (tertiary/aromatic N) is 2. The molecule has 0 aliphatic carbocycles. The maximum atomic E-state index is 12.3. The van der Waals surface area contributed by atoms with Crippen molar-refractivity contribution in [1.29, 1.82) is 0 Å². The highest BCUT2D eigenvalue weighted by atomic mass is 16.3. The molecule has 0 saturated carbocycles. The highest BCUT2D eigenvalue weighted by Gasteiger charge is 2.16. The summed E-state index contributed by atoms with van der Waals surface area (Å²) in [6, 6.07) is 7.81. The standard InChI is InChI=1S/C17H26N4O2/c1-11(2)13(4)19-16(23)10-21-15-8-6-5-7-14(15)20-17(21)18-9-12(3)22/h5-8,11-13,22H,9-10H2,1-4H3,(H,18,20)(H,19,23)/t12-,13+/m1/s1. The van der Waals surface area contributed by atoms with Crippen LogP contribution in [0.25, 0.3) is 11.0 Å².